The first-order chi connectivity index (χ1) is 8.69. The third-order valence-corrected chi connectivity index (χ3v) is 3.42. The van der Waals surface area contributed by atoms with Crippen molar-refractivity contribution in [2.75, 3.05) is 0 Å². The molecule has 0 amide bonds. The number of aromatic nitrogens is 1. The molecule has 0 spiro atoms. The molecule has 1 aromatic heterocycles. The zero-order valence-corrected chi connectivity index (χ0v) is 12.1. The molecule has 1 atom stereocenters. The predicted octanol–water partition coefficient (Wildman–Crippen LogP) is 5.15. The van der Waals surface area contributed by atoms with Crippen molar-refractivity contribution in [1.82, 2.24) is 4.98 Å². The molecule has 18 heavy (non-hydrogen) atoms. The standard InChI is InChI=1S/C15H16BrNO/c1-3-11(2)12-7-9-13(10-8-12)18-15-6-4-5-14(16)17-15/h4-11H,3H2,1-2H3. The second-order valence-electron chi connectivity index (χ2n) is 4.28. The first kappa shape index (κ1) is 13.1. The average molecular weight is 306 g/mol. The van der Waals surface area contributed by atoms with Crippen LogP contribution in [0.3, 0.4) is 0 Å². The molecule has 1 heterocycles. The second-order valence-corrected chi connectivity index (χ2v) is 5.09. The summed E-state index contributed by atoms with van der Waals surface area (Å²) in [6, 6.07) is 13.8. The molecule has 2 aromatic rings. The highest BCUT2D eigenvalue weighted by atomic mass is 79.9. The zero-order valence-electron chi connectivity index (χ0n) is 10.6. The molecule has 0 bridgehead atoms. The summed E-state index contributed by atoms with van der Waals surface area (Å²) < 4.78 is 6.46. The van der Waals surface area contributed by atoms with Gasteiger partial charge in [0.25, 0.3) is 0 Å². The molecule has 94 valence electrons. The van der Waals surface area contributed by atoms with Gasteiger partial charge in [0.2, 0.25) is 5.88 Å². The Hall–Kier alpha value is -1.35. The minimum absolute atomic E-state index is 0.586. The third-order valence-electron chi connectivity index (χ3n) is 2.97. The summed E-state index contributed by atoms with van der Waals surface area (Å²) in [4.78, 5) is 4.24. The third kappa shape index (κ3) is 3.33. The molecule has 2 rings (SSSR count). The van der Waals surface area contributed by atoms with E-state index in [4.69, 9.17) is 4.74 Å². The normalized spacial score (nSPS) is 12.2. The molecule has 0 aliphatic rings. The van der Waals surface area contributed by atoms with Gasteiger partial charge in [-0.05, 0) is 52.0 Å². The van der Waals surface area contributed by atoms with Crippen molar-refractivity contribution in [2.24, 2.45) is 0 Å². The smallest absolute Gasteiger partial charge is 0.220 e. The highest BCUT2D eigenvalue weighted by Crippen LogP contribution is 2.24. The van der Waals surface area contributed by atoms with Crippen LogP contribution in [0, 0.1) is 0 Å². The van der Waals surface area contributed by atoms with E-state index >= 15 is 0 Å². The molecule has 3 heteroatoms. The lowest BCUT2D eigenvalue weighted by atomic mass is 9.99. The van der Waals surface area contributed by atoms with Gasteiger partial charge in [-0.25, -0.2) is 4.98 Å². The summed E-state index contributed by atoms with van der Waals surface area (Å²) in [5.41, 5.74) is 1.34. The van der Waals surface area contributed by atoms with Gasteiger partial charge in [-0.3, -0.25) is 0 Å². The van der Waals surface area contributed by atoms with E-state index in [1.54, 1.807) is 0 Å². The van der Waals surface area contributed by atoms with Crippen LogP contribution < -0.4 is 4.74 Å². The van der Waals surface area contributed by atoms with Crippen LogP contribution in [-0.2, 0) is 0 Å². The van der Waals surface area contributed by atoms with Gasteiger partial charge in [0.1, 0.15) is 10.4 Å². The largest absolute Gasteiger partial charge is 0.439 e. The quantitative estimate of drug-likeness (QED) is 0.729. The molecule has 0 N–H and O–H groups in total. The van der Waals surface area contributed by atoms with Crippen molar-refractivity contribution < 1.29 is 4.74 Å². The first-order valence-electron chi connectivity index (χ1n) is 6.09. The van der Waals surface area contributed by atoms with E-state index in [0.29, 0.717) is 11.8 Å². The molecular formula is C15H16BrNO. The number of pyridine rings is 1. The number of ether oxygens (including phenoxy) is 1. The monoisotopic (exact) mass is 305 g/mol. The SMILES string of the molecule is CCC(C)c1ccc(Oc2cccc(Br)n2)cc1. The summed E-state index contributed by atoms with van der Waals surface area (Å²) in [6.07, 6.45) is 1.15. The second kappa shape index (κ2) is 6.01. The zero-order chi connectivity index (χ0) is 13.0. The minimum atomic E-state index is 0.586. The van der Waals surface area contributed by atoms with Crippen LogP contribution in [0.4, 0.5) is 0 Å². The van der Waals surface area contributed by atoms with E-state index < -0.39 is 0 Å². The Balaban J connectivity index is 2.11. The molecule has 0 aliphatic heterocycles. The maximum Gasteiger partial charge on any atom is 0.220 e. The van der Waals surface area contributed by atoms with Gasteiger partial charge in [0.05, 0.1) is 0 Å². The van der Waals surface area contributed by atoms with Crippen LogP contribution in [0.2, 0.25) is 0 Å². The lowest BCUT2D eigenvalue weighted by molar-refractivity contribution is 0.461. The molecule has 0 aliphatic carbocycles. The van der Waals surface area contributed by atoms with Crippen LogP contribution in [0.25, 0.3) is 0 Å². The Morgan fingerprint density at radius 1 is 1.17 bits per heavy atom. The number of nitrogens with zero attached hydrogens (tertiary/aromatic N) is 1. The van der Waals surface area contributed by atoms with Gasteiger partial charge in [-0.2, -0.15) is 0 Å². The number of rotatable bonds is 4. The lowest BCUT2D eigenvalue weighted by Gasteiger charge is -2.10. The van der Waals surface area contributed by atoms with Crippen LogP contribution in [0.5, 0.6) is 11.6 Å². The summed E-state index contributed by atoms with van der Waals surface area (Å²) in [6.45, 7) is 4.42. The van der Waals surface area contributed by atoms with Crippen molar-refractivity contribution in [3.63, 3.8) is 0 Å². The topological polar surface area (TPSA) is 22.1 Å². The average Bonchev–Trinajstić information content (AvgIpc) is 2.39. The van der Waals surface area contributed by atoms with Crippen LogP contribution in [0.15, 0.2) is 47.1 Å². The Morgan fingerprint density at radius 3 is 2.50 bits per heavy atom. The van der Waals surface area contributed by atoms with Crippen molar-refractivity contribution in [2.45, 2.75) is 26.2 Å². The molecule has 0 radical (unpaired) electrons. The molecule has 2 nitrogen and oxygen atoms in total. The fourth-order valence-corrected chi connectivity index (χ4v) is 1.99. The van der Waals surface area contributed by atoms with Gasteiger partial charge in [-0.1, -0.05) is 32.0 Å². The number of benzene rings is 1. The van der Waals surface area contributed by atoms with Crippen molar-refractivity contribution in [1.29, 1.82) is 0 Å². The van der Waals surface area contributed by atoms with Gasteiger partial charge < -0.3 is 4.74 Å². The number of hydrogen-bond donors (Lipinski definition) is 0. The summed E-state index contributed by atoms with van der Waals surface area (Å²) >= 11 is 3.32. The van der Waals surface area contributed by atoms with Gasteiger partial charge in [0.15, 0.2) is 0 Å². The highest BCUT2D eigenvalue weighted by Gasteiger charge is 2.04. The number of halogens is 1. The van der Waals surface area contributed by atoms with E-state index in [-0.39, 0.29) is 0 Å². The van der Waals surface area contributed by atoms with Crippen LogP contribution in [0.1, 0.15) is 31.7 Å². The maximum atomic E-state index is 5.69. The Morgan fingerprint density at radius 2 is 1.89 bits per heavy atom. The maximum absolute atomic E-state index is 5.69. The van der Waals surface area contributed by atoms with Crippen molar-refractivity contribution in [3.05, 3.63) is 52.6 Å². The molecule has 1 aromatic carbocycles. The summed E-state index contributed by atoms with van der Waals surface area (Å²) in [5, 5.41) is 0. The molecule has 0 saturated carbocycles. The van der Waals surface area contributed by atoms with Gasteiger partial charge in [0, 0.05) is 6.07 Å². The number of hydrogen-bond acceptors (Lipinski definition) is 2. The molecule has 0 fully saturated rings. The van der Waals surface area contributed by atoms with Crippen molar-refractivity contribution >= 4 is 15.9 Å². The van der Waals surface area contributed by atoms with Gasteiger partial charge >= 0.3 is 0 Å². The molecular weight excluding hydrogens is 290 g/mol. The summed E-state index contributed by atoms with van der Waals surface area (Å²) in [5.74, 6) is 2.00. The van der Waals surface area contributed by atoms with E-state index in [0.717, 1.165) is 16.8 Å². The Kier molecular flexibility index (Phi) is 4.37. The molecule has 0 saturated heterocycles. The predicted molar refractivity (Wildman–Crippen MR) is 77.2 cm³/mol. The van der Waals surface area contributed by atoms with Gasteiger partial charge in [-0.15, -0.1) is 0 Å². The molecule has 1 unspecified atom stereocenters. The van der Waals surface area contributed by atoms with E-state index in [1.165, 1.54) is 5.56 Å². The Labute approximate surface area is 116 Å². The van der Waals surface area contributed by atoms with E-state index in [9.17, 15) is 0 Å². The fourth-order valence-electron chi connectivity index (χ4n) is 1.67. The van der Waals surface area contributed by atoms with E-state index in [1.807, 2.05) is 30.3 Å². The Bertz CT molecular complexity index is 510. The highest BCUT2D eigenvalue weighted by molar-refractivity contribution is 9.10. The lowest BCUT2D eigenvalue weighted by Crippen LogP contribution is -1.92. The fraction of sp³-hybridized carbons (Fsp3) is 0.267. The van der Waals surface area contributed by atoms with Crippen LogP contribution >= 0.6 is 15.9 Å². The summed E-state index contributed by atoms with van der Waals surface area (Å²) in [7, 11) is 0. The van der Waals surface area contributed by atoms with Crippen LogP contribution in [-0.4, -0.2) is 4.98 Å². The first-order valence-corrected chi connectivity index (χ1v) is 6.88. The minimum Gasteiger partial charge on any atom is -0.439 e. The van der Waals surface area contributed by atoms with Crippen molar-refractivity contribution in [3.8, 4) is 11.6 Å². The van der Waals surface area contributed by atoms with E-state index in [2.05, 4.69) is 46.9 Å².